The van der Waals surface area contributed by atoms with Crippen LogP contribution in [0.15, 0.2) is 0 Å². The Kier molecular flexibility index (Phi) is 6.14. The highest BCUT2D eigenvalue weighted by Gasteiger charge is 2.23. The number of rotatable bonds is 4. The maximum absolute atomic E-state index is 5.40. The largest absolute Gasteiger partial charge is 0.330 e. The van der Waals surface area contributed by atoms with Gasteiger partial charge in [0.05, 0.1) is 0 Å². The van der Waals surface area contributed by atoms with Gasteiger partial charge in [0.15, 0.2) is 0 Å². The molecule has 0 saturated heterocycles. The second-order valence-electron chi connectivity index (χ2n) is 3.18. The van der Waals surface area contributed by atoms with E-state index in [-0.39, 0.29) is 0 Å². The summed E-state index contributed by atoms with van der Waals surface area (Å²) in [7, 11) is -1.17. The van der Waals surface area contributed by atoms with Crippen LogP contribution in [-0.2, 0) is 0 Å². The van der Waals surface area contributed by atoms with Crippen LogP contribution in [0.25, 0.3) is 0 Å². The molecule has 0 aliphatic rings. The van der Waals surface area contributed by atoms with Crippen LogP contribution in [0, 0.1) is 11.5 Å². The maximum Gasteiger partial charge on any atom is 0.137 e. The molecule has 0 amide bonds. The van der Waals surface area contributed by atoms with Crippen molar-refractivity contribution >= 4 is 8.07 Å². The monoisotopic (exact) mass is 183 g/mol. The molecule has 1 nitrogen and oxygen atoms in total. The van der Waals surface area contributed by atoms with Gasteiger partial charge < -0.3 is 5.73 Å². The average molecular weight is 183 g/mol. The molecule has 0 saturated carbocycles. The third-order valence-electron chi connectivity index (χ3n) is 2.65. The molecule has 0 heterocycles. The van der Waals surface area contributed by atoms with E-state index in [0.717, 1.165) is 6.42 Å². The van der Waals surface area contributed by atoms with Gasteiger partial charge in [-0.15, -0.1) is 11.5 Å². The first-order valence-electron chi connectivity index (χ1n) is 4.94. The van der Waals surface area contributed by atoms with Gasteiger partial charge in [-0.1, -0.05) is 20.8 Å². The Hall–Kier alpha value is -0.263. The molecule has 2 N–H and O–H groups in total. The molecule has 2 heteroatoms. The number of nitrogens with two attached hydrogens (primary N) is 1. The summed E-state index contributed by atoms with van der Waals surface area (Å²) >= 11 is 0. The van der Waals surface area contributed by atoms with Crippen molar-refractivity contribution in [1.29, 1.82) is 0 Å². The van der Waals surface area contributed by atoms with Crippen LogP contribution in [0.2, 0.25) is 18.1 Å². The smallest absolute Gasteiger partial charge is 0.137 e. The molecule has 0 fully saturated rings. The van der Waals surface area contributed by atoms with Gasteiger partial charge in [-0.25, -0.2) is 0 Å². The van der Waals surface area contributed by atoms with Crippen LogP contribution < -0.4 is 5.73 Å². The third kappa shape index (κ3) is 3.42. The zero-order valence-corrected chi connectivity index (χ0v) is 9.61. The van der Waals surface area contributed by atoms with Crippen molar-refractivity contribution in [3.63, 3.8) is 0 Å². The highest BCUT2D eigenvalue weighted by atomic mass is 28.3. The Morgan fingerprint density at radius 1 is 1.08 bits per heavy atom. The van der Waals surface area contributed by atoms with Gasteiger partial charge >= 0.3 is 0 Å². The molecule has 70 valence electrons. The Bertz CT molecular complexity index is 154. The molecular formula is C10H21NSi. The van der Waals surface area contributed by atoms with Gasteiger partial charge in [-0.3, -0.25) is 0 Å². The molecule has 0 atom stereocenters. The molecule has 0 aliphatic heterocycles. The summed E-state index contributed by atoms with van der Waals surface area (Å²) in [5, 5.41) is 0. The highest BCUT2D eigenvalue weighted by Crippen LogP contribution is 2.18. The van der Waals surface area contributed by atoms with Crippen molar-refractivity contribution < 1.29 is 0 Å². The molecule has 0 unspecified atom stereocenters. The maximum atomic E-state index is 5.40. The van der Waals surface area contributed by atoms with Crippen molar-refractivity contribution in [2.24, 2.45) is 5.73 Å². The van der Waals surface area contributed by atoms with Crippen molar-refractivity contribution in [3.8, 4) is 11.5 Å². The Balaban J connectivity index is 4.22. The minimum Gasteiger partial charge on any atom is -0.330 e. The molecule has 0 radical (unpaired) electrons. The van der Waals surface area contributed by atoms with E-state index in [1.54, 1.807) is 0 Å². The van der Waals surface area contributed by atoms with E-state index < -0.39 is 8.07 Å². The van der Waals surface area contributed by atoms with Gasteiger partial charge in [0.1, 0.15) is 8.07 Å². The van der Waals surface area contributed by atoms with E-state index in [1.165, 1.54) is 18.1 Å². The van der Waals surface area contributed by atoms with Crippen molar-refractivity contribution in [3.05, 3.63) is 0 Å². The predicted octanol–water partition coefficient (Wildman–Crippen LogP) is 2.39. The van der Waals surface area contributed by atoms with Crippen LogP contribution in [0.4, 0.5) is 0 Å². The van der Waals surface area contributed by atoms with Crippen LogP contribution in [0.1, 0.15) is 27.2 Å². The van der Waals surface area contributed by atoms with Crippen molar-refractivity contribution in [2.75, 3.05) is 6.54 Å². The van der Waals surface area contributed by atoms with Crippen LogP contribution >= 0.6 is 0 Å². The lowest BCUT2D eigenvalue weighted by atomic mass is 10.5. The van der Waals surface area contributed by atoms with Gasteiger partial charge in [0.25, 0.3) is 0 Å². The normalized spacial score (nSPS) is 10.7. The summed E-state index contributed by atoms with van der Waals surface area (Å²) in [6.07, 6.45) is 0.870. The standard InChI is InChI=1S/C10H21NSi/c1-4-12(5-2,6-3)10-8-7-9-11/h4-7,9,11H2,1-3H3. The van der Waals surface area contributed by atoms with E-state index in [4.69, 9.17) is 5.73 Å². The van der Waals surface area contributed by atoms with Crippen LogP contribution in [-0.4, -0.2) is 14.6 Å². The molecule has 0 aliphatic carbocycles. The molecular weight excluding hydrogens is 162 g/mol. The summed E-state index contributed by atoms with van der Waals surface area (Å²) in [5.74, 6) is 3.22. The summed E-state index contributed by atoms with van der Waals surface area (Å²) in [5.41, 5.74) is 8.89. The molecule has 0 rings (SSSR count). The van der Waals surface area contributed by atoms with Crippen molar-refractivity contribution in [1.82, 2.24) is 0 Å². The van der Waals surface area contributed by atoms with Crippen LogP contribution in [0.3, 0.4) is 0 Å². The van der Waals surface area contributed by atoms with Crippen molar-refractivity contribution in [2.45, 2.75) is 45.3 Å². The predicted molar refractivity (Wildman–Crippen MR) is 58.6 cm³/mol. The fourth-order valence-electron chi connectivity index (χ4n) is 1.34. The lowest BCUT2D eigenvalue weighted by Crippen LogP contribution is -2.29. The first-order chi connectivity index (χ1) is 5.74. The second-order valence-corrected chi connectivity index (χ2v) is 8.11. The van der Waals surface area contributed by atoms with Crippen LogP contribution in [0.5, 0.6) is 0 Å². The Morgan fingerprint density at radius 2 is 1.58 bits per heavy atom. The van der Waals surface area contributed by atoms with Gasteiger partial charge in [-0.2, -0.15) is 0 Å². The van der Waals surface area contributed by atoms with E-state index in [9.17, 15) is 0 Å². The zero-order chi connectivity index (χ0) is 9.45. The summed E-state index contributed by atoms with van der Waals surface area (Å²) in [4.78, 5) is 0. The molecule has 12 heavy (non-hydrogen) atoms. The molecule has 0 aromatic carbocycles. The zero-order valence-electron chi connectivity index (χ0n) is 8.61. The minimum absolute atomic E-state index is 0.703. The summed E-state index contributed by atoms with van der Waals surface area (Å²) in [6.45, 7) is 7.53. The lowest BCUT2D eigenvalue weighted by Gasteiger charge is -2.19. The molecule has 0 bridgehead atoms. The number of hydrogen-bond donors (Lipinski definition) is 1. The van der Waals surface area contributed by atoms with Gasteiger partial charge in [-0.05, 0) is 18.1 Å². The first-order valence-corrected chi connectivity index (χ1v) is 7.57. The highest BCUT2D eigenvalue weighted by molar-refractivity contribution is 6.87. The lowest BCUT2D eigenvalue weighted by molar-refractivity contribution is 1.03. The quantitative estimate of drug-likeness (QED) is 0.525. The first kappa shape index (κ1) is 11.7. The average Bonchev–Trinajstić information content (AvgIpc) is 2.14. The summed E-state index contributed by atoms with van der Waals surface area (Å²) in [6, 6.07) is 3.87. The van der Waals surface area contributed by atoms with E-state index >= 15 is 0 Å². The SMILES string of the molecule is CC[Si](C#CCCN)(CC)CC. The Morgan fingerprint density at radius 3 is 1.92 bits per heavy atom. The Labute approximate surface area is 77.7 Å². The minimum atomic E-state index is -1.17. The van der Waals surface area contributed by atoms with E-state index in [2.05, 4.69) is 32.2 Å². The van der Waals surface area contributed by atoms with E-state index in [1.807, 2.05) is 0 Å². The molecule has 0 aromatic heterocycles. The van der Waals surface area contributed by atoms with Gasteiger partial charge in [0.2, 0.25) is 0 Å². The topological polar surface area (TPSA) is 26.0 Å². The summed E-state index contributed by atoms with van der Waals surface area (Å²) < 4.78 is 0. The van der Waals surface area contributed by atoms with E-state index in [0.29, 0.717) is 6.54 Å². The van der Waals surface area contributed by atoms with Gasteiger partial charge in [0, 0.05) is 13.0 Å². The second kappa shape index (κ2) is 6.27. The fraction of sp³-hybridized carbons (Fsp3) is 0.800. The molecule has 0 aromatic rings. The third-order valence-corrected chi connectivity index (χ3v) is 7.42. The molecule has 0 spiro atoms. The fourth-order valence-corrected chi connectivity index (χ4v) is 3.87. The number of hydrogen-bond acceptors (Lipinski definition) is 1.